The fraction of sp³-hybridized carbons (Fsp3) is 0.786. The summed E-state index contributed by atoms with van der Waals surface area (Å²) in [6.07, 6.45) is -1.26. The molecule has 0 aromatic heterocycles. The van der Waals surface area contributed by atoms with E-state index in [0.717, 1.165) is 0 Å². The number of carboxylic acids is 1. The zero-order chi connectivity index (χ0) is 17.6. The van der Waals surface area contributed by atoms with E-state index in [1.54, 1.807) is 27.7 Å². The molecule has 0 aliphatic carbocycles. The molecule has 22 heavy (non-hydrogen) atoms. The summed E-state index contributed by atoms with van der Waals surface area (Å²) < 4.78 is 0. The van der Waals surface area contributed by atoms with Gasteiger partial charge < -0.3 is 26.6 Å². The maximum absolute atomic E-state index is 12.2. The zero-order valence-corrected chi connectivity index (χ0v) is 13.7. The number of carbonyl (C=O) groups is 3. The number of carbonyl (C=O) groups excluding carboxylic acids is 2. The van der Waals surface area contributed by atoms with Crippen LogP contribution in [0.3, 0.4) is 0 Å². The predicted molar refractivity (Wildman–Crippen MR) is 80.8 cm³/mol. The van der Waals surface area contributed by atoms with Crippen LogP contribution in [0, 0.1) is 11.8 Å². The van der Waals surface area contributed by atoms with Crippen LogP contribution in [0.25, 0.3) is 0 Å². The Morgan fingerprint density at radius 1 is 0.864 bits per heavy atom. The van der Waals surface area contributed by atoms with Gasteiger partial charge in [-0.25, -0.2) is 4.79 Å². The van der Waals surface area contributed by atoms with Gasteiger partial charge in [0.05, 0.1) is 12.1 Å². The predicted octanol–water partition coefficient (Wildman–Crippen LogP) is -0.939. The summed E-state index contributed by atoms with van der Waals surface area (Å²) in [4.78, 5) is 35.2. The van der Waals surface area contributed by atoms with Gasteiger partial charge >= 0.3 is 5.97 Å². The normalized spacial score (nSPS) is 16.8. The number of hydrogen-bond donors (Lipinski definition) is 5. The van der Waals surface area contributed by atoms with E-state index in [0.29, 0.717) is 0 Å². The molecule has 128 valence electrons. The third-order valence-corrected chi connectivity index (χ3v) is 3.31. The fourth-order valence-corrected chi connectivity index (χ4v) is 1.72. The average molecular weight is 317 g/mol. The van der Waals surface area contributed by atoms with Crippen LogP contribution in [0.15, 0.2) is 0 Å². The molecule has 0 bridgehead atoms. The average Bonchev–Trinajstić information content (AvgIpc) is 2.39. The summed E-state index contributed by atoms with van der Waals surface area (Å²) >= 11 is 0. The molecule has 0 radical (unpaired) electrons. The molecule has 6 N–H and O–H groups in total. The summed E-state index contributed by atoms with van der Waals surface area (Å²) in [7, 11) is 0. The second-order valence-electron chi connectivity index (χ2n) is 6.07. The second kappa shape index (κ2) is 8.70. The highest BCUT2D eigenvalue weighted by Crippen LogP contribution is 2.06. The van der Waals surface area contributed by atoms with E-state index in [9.17, 15) is 19.5 Å². The molecule has 0 unspecified atom stereocenters. The molecule has 4 atom stereocenters. The van der Waals surface area contributed by atoms with Gasteiger partial charge in [0.1, 0.15) is 6.04 Å². The first kappa shape index (κ1) is 20.3. The molecular formula is C14H27N3O5. The van der Waals surface area contributed by atoms with Gasteiger partial charge in [-0.3, -0.25) is 9.59 Å². The lowest BCUT2D eigenvalue weighted by Crippen LogP contribution is -2.58. The first-order chi connectivity index (χ1) is 9.98. The SMILES string of the molecule is CC(C)[C@H](N)C(=O)N[C@H](C(=O)N[C@H](C(=O)O)[C@@H](C)O)C(C)C. The molecular weight excluding hydrogens is 290 g/mol. The van der Waals surface area contributed by atoms with E-state index >= 15 is 0 Å². The van der Waals surface area contributed by atoms with Gasteiger partial charge in [0.25, 0.3) is 0 Å². The Morgan fingerprint density at radius 3 is 1.64 bits per heavy atom. The van der Waals surface area contributed by atoms with Gasteiger partial charge in [-0.05, 0) is 18.8 Å². The van der Waals surface area contributed by atoms with Gasteiger partial charge in [0.2, 0.25) is 11.8 Å². The molecule has 0 aliphatic heterocycles. The highest BCUT2D eigenvalue weighted by atomic mass is 16.4. The number of nitrogens with one attached hydrogen (secondary N) is 2. The lowest BCUT2D eigenvalue weighted by atomic mass is 10.00. The Labute approximate surface area is 130 Å². The number of amides is 2. The Balaban J connectivity index is 4.99. The maximum Gasteiger partial charge on any atom is 0.328 e. The quantitative estimate of drug-likeness (QED) is 0.391. The summed E-state index contributed by atoms with van der Waals surface area (Å²) in [5.74, 6) is -2.87. The molecule has 8 heteroatoms. The van der Waals surface area contributed by atoms with Crippen LogP contribution >= 0.6 is 0 Å². The van der Waals surface area contributed by atoms with E-state index in [2.05, 4.69) is 10.6 Å². The van der Waals surface area contributed by atoms with Crippen LogP contribution in [0.4, 0.5) is 0 Å². The standard InChI is InChI=1S/C14H27N3O5/c1-6(2)9(15)12(19)16-10(7(3)4)13(20)17-11(8(5)18)14(21)22/h6-11,18H,15H2,1-5H3,(H,16,19)(H,17,20)(H,21,22)/t8-,9+,10+,11+/m1/s1. The number of rotatable bonds is 8. The van der Waals surface area contributed by atoms with Crippen LogP contribution in [-0.4, -0.2) is 52.2 Å². The topological polar surface area (TPSA) is 142 Å². The van der Waals surface area contributed by atoms with Gasteiger partial charge in [-0.2, -0.15) is 0 Å². The van der Waals surface area contributed by atoms with Crippen molar-refractivity contribution < 1.29 is 24.6 Å². The molecule has 0 saturated heterocycles. The lowest BCUT2D eigenvalue weighted by molar-refractivity contribution is -0.145. The maximum atomic E-state index is 12.2. The van der Waals surface area contributed by atoms with Crippen LogP contribution in [0.5, 0.6) is 0 Å². The van der Waals surface area contributed by atoms with Crippen molar-refractivity contribution in [2.24, 2.45) is 17.6 Å². The number of carboxylic acid groups (broad SMARTS) is 1. The molecule has 0 aromatic carbocycles. The van der Waals surface area contributed by atoms with Crippen LogP contribution in [-0.2, 0) is 14.4 Å². The van der Waals surface area contributed by atoms with Gasteiger partial charge in [-0.15, -0.1) is 0 Å². The van der Waals surface area contributed by atoms with Crippen LogP contribution in [0.1, 0.15) is 34.6 Å². The summed E-state index contributed by atoms with van der Waals surface area (Å²) in [5, 5.41) is 23.1. The first-order valence-corrected chi connectivity index (χ1v) is 7.26. The van der Waals surface area contributed by atoms with Crippen LogP contribution in [0.2, 0.25) is 0 Å². The van der Waals surface area contributed by atoms with Gasteiger partial charge in [-0.1, -0.05) is 27.7 Å². The monoisotopic (exact) mass is 317 g/mol. The molecule has 2 amide bonds. The Bertz CT molecular complexity index is 409. The number of aliphatic hydroxyl groups is 1. The van der Waals surface area contributed by atoms with Gasteiger partial charge in [0, 0.05) is 0 Å². The molecule has 0 saturated carbocycles. The molecule has 0 heterocycles. The third kappa shape index (κ3) is 5.98. The van der Waals surface area contributed by atoms with E-state index < -0.39 is 42.0 Å². The molecule has 0 fully saturated rings. The zero-order valence-electron chi connectivity index (χ0n) is 13.7. The molecule has 8 nitrogen and oxygen atoms in total. The Kier molecular flexibility index (Phi) is 8.04. The number of aliphatic hydroxyl groups excluding tert-OH is 1. The Morgan fingerprint density at radius 2 is 1.32 bits per heavy atom. The van der Waals surface area contributed by atoms with Crippen molar-refractivity contribution in [2.45, 2.75) is 58.8 Å². The largest absolute Gasteiger partial charge is 0.480 e. The van der Waals surface area contributed by atoms with Crippen molar-refractivity contribution >= 4 is 17.8 Å². The Hall–Kier alpha value is -1.67. The minimum Gasteiger partial charge on any atom is -0.480 e. The first-order valence-electron chi connectivity index (χ1n) is 7.26. The van der Waals surface area contributed by atoms with Crippen molar-refractivity contribution in [3.05, 3.63) is 0 Å². The van der Waals surface area contributed by atoms with E-state index in [4.69, 9.17) is 10.8 Å². The minimum atomic E-state index is -1.44. The van der Waals surface area contributed by atoms with Crippen molar-refractivity contribution in [3.8, 4) is 0 Å². The van der Waals surface area contributed by atoms with Crippen molar-refractivity contribution in [1.82, 2.24) is 10.6 Å². The fourth-order valence-electron chi connectivity index (χ4n) is 1.72. The summed E-state index contributed by atoms with van der Waals surface area (Å²) in [6.45, 7) is 8.25. The lowest BCUT2D eigenvalue weighted by Gasteiger charge is -2.26. The highest BCUT2D eigenvalue weighted by Gasteiger charge is 2.32. The molecule has 0 spiro atoms. The minimum absolute atomic E-state index is 0.0971. The van der Waals surface area contributed by atoms with Crippen LogP contribution < -0.4 is 16.4 Å². The number of hydrogen-bond acceptors (Lipinski definition) is 5. The van der Waals surface area contributed by atoms with Crippen molar-refractivity contribution in [3.63, 3.8) is 0 Å². The van der Waals surface area contributed by atoms with E-state index in [-0.39, 0.29) is 11.8 Å². The van der Waals surface area contributed by atoms with Crippen molar-refractivity contribution in [1.29, 1.82) is 0 Å². The molecule has 0 rings (SSSR count). The second-order valence-corrected chi connectivity index (χ2v) is 6.07. The van der Waals surface area contributed by atoms with Gasteiger partial charge in [0.15, 0.2) is 6.04 Å². The van der Waals surface area contributed by atoms with E-state index in [1.807, 2.05) is 0 Å². The molecule has 0 aliphatic rings. The third-order valence-electron chi connectivity index (χ3n) is 3.31. The summed E-state index contributed by atoms with van der Waals surface area (Å²) in [6, 6.07) is -3.14. The highest BCUT2D eigenvalue weighted by molar-refractivity contribution is 5.92. The number of nitrogens with two attached hydrogens (primary N) is 1. The molecule has 0 aromatic rings. The number of aliphatic carboxylic acids is 1. The smallest absolute Gasteiger partial charge is 0.328 e. The van der Waals surface area contributed by atoms with E-state index in [1.165, 1.54) is 6.92 Å². The summed E-state index contributed by atoms with van der Waals surface area (Å²) in [5.41, 5.74) is 5.73. The van der Waals surface area contributed by atoms with Crippen molar-refractivity contribution in [2.75, 3.05) is 0 Å².